The highest BCUT2D eigenvalue weighted by Crippen LogP contribution is 2.32. The van der Waals surface area contributed by atoms with Crippen LogP contribution in [-0.2, 0) is 11.2 Å². The number of aryl methyl sites for hydroxylation is 1. The number of anilines is 1. The maximum atomic E-state index is 12.3. The van der Waals surface area contributed by atoms with E-state index in [1.165, 1.54) is 0 Å². The van der Waals surface area contributed by atoms with Crippen LogP contribution in [0, 0.1) is 0 Å². The lowest BCUT2D eigenvalue weighted by molar-refractivity contribution is -0.116. The van der Waals surface area contributed by atoms with Crippen LogP contribution in [0.3, 0.4) is 0 Å². The molecule has 4 rings (SSSR count). The van der Waals surface area contributed by atoms with Gasteiger partial charge in [0.25, 0.3) is 11.8 Å². The van der Waals surface area contributed by atoms with Gasteiger partial charge in [-0.3, -0.25) is 25.2 Å². The van der Waals surface area contributed by atoms with Gasteiger partial charge in [0.15, 0.2) is 11.5 Å². The number of hydrogen-bond acceptors (Lipinski definition) is 5. The highest BCUT2D eigenvalue weighted by molar-refractivity contribution is 6.00. The summed E-state index contributed by atoms with van der Waals surface area (Å²) < 4.78 is 10.4. The topological polar surface area (TPSA) is 106 Å². The average molecular weight is 353 g/mol. The van der Waals surface area contributed by atoms with Crippen LogP contribution in [0.1, 0.15) is 32.7 Å². The first-order valence-corrected chi connectivity index (χ1v) is 8.03. The molecule has 8 heteroatoms. The van der Waals surface area contributed by atoms with E-state index in [1.54, 1.807) is 36.4 Å². The summed E-state index contributed by atoms with van der Waals surface area (Å²) in [4.78, 5) is 35.8. The van der Waals surface area contributed by atoms with Gasteiger partial charge in [-0.2, -0.15) is 0 Å². The molecule has 0 bridgehead atoms. The molecule has 0 unspecified atom stereocenters. The summed E-state index contributed by atoms with van der Waals surface area (Å²) in [6, 6.07) is 9.74. The van der Waals surface area contributed by atoms with Crippen molar-refractivity contribution in [2.24, 2.45) is 0 Å². The molecule has 0 atom stereocenters. The van der Waals surface area contributed by atoms with Crippen molar-refractivity contribution in [3.63, 3.8) is 0 Å². The lowest BCUT2D eigenvalue weighted by Gasteiger charge is -2.17. The van der Waals surface area contributed by atoms with E-state index in [1.807, 2.05) is 0 Å². The zero-order valence-electron chi connectivity index (χ0n) is 13.6. The molecule has 8 nitrogen and oxygen atoms in total. The molecule has 2 heterocycles. The van der Waals surface area contributed by atoms with Gasteiger partial charge >= 0.3 is 0 Å². The van der Waals surface area contributed by atoms with Crippen molar-refractivity contribution in [3.8, 4) is 11.5 Å². The zero-order valence-corrected chi connectivity index (χ0v) is 13.6. The number of carbonyl (C=O) groups is 3. The summed E-state index contributed by atoms with van der Waals surface area (Å²) in [7, 11) is 0. The van der Waals surface area contributed by atoms with E-state index in [0.717, 1.165) is 5.56 Å². The second-order valence-electron chi connectivity index (χ2n) is 5.90. The Balaban J connectivity index is 1.41. The third-order valence-corrected chi connectivity index (χ3v) is 4.19. The van der Waals surface area contributed by atoms with E-state index in [-0.39, 0.29) is 12.7 Å². The molecule has 2 aromatic rings. The second kappa shape index (κ2) is 6.40. The first-order valence-electron chi connectivity index (χ1n) is 8.03. The fraction of sp³-hybridized carbons (Fsp3) is 0.167. The van der Waals surface area contributed by atoms with Crippen LogP contribution in [0.15, 0.2) is 36.4 Å². The quantitative estimate of drug-likeness (QED) is 0.707. The van der Waals surface area contributed by atoms with Crippen molar-refractivity contribution in [3.05, 3.63) is 53.1 Å². The van der Waals surface area contributed by atoms with E-state index in [0.29, 0.717) is 41.2 Å². The van der Waals surface area contributed by atoms with E-state index in [9.17, 15) is 14.4 Å². The molecule has 0 spiro atoms. The standard InChI is InChI=1S/C18H15N3O5/c22-16-6-3-10-7-11(1-4-13(10)19-16)17(23)20-21-18(24)12-2-5-14-15(8-12)26-9-25-14/h1-2,4-5,7-8H,3,6,9H2,(H,19,22)(H,20,23)(H,21,24). The largest absolute Gasteiger partial charge is 0.454 e. The van der Waals surface area contributed by atoms with Crippen molar-refractivity contribution in [1.29, 1.82) is 0 Å². The van der Waals surface area contributed by atoms with Gasteiger partial charge < -0.3 is 14.8 Å². The number of amides is 3. The molecule has 0 radical (unpaired) electrons. The summed E-state index contributed by atoms with van der Waals surface area (Å²) in [5, 5.41) is 2.76. The molecule has 0 saturated heterocycles. The van der Waals surface area contributed by atoms with Crippen molar-refractivity contribution >= 4 is 23.4 Å². The number of rotatable bonds is 2. The molecule has 3 N–H and O–H groups in total. The van der Waals surface area contributed by atoms with Crippen LogP contribution < -0.4 is 25.6 Å². The van der Waals surface area contributed by atoms with Crippen LogP contribution in [0.25, 0.3) is 0 Å². The first-order chi connectivity index (χ1) is 12.6. The van der Waals surface area contributed by atoms with Gasteiger partial charge in [-0.15, -0.1) is 0 Å². The van der Waals surface area contributed by atoms with E-state index in [4.69, 9.17) is 9.47 Å². The summed E-state index contributed by atoms with van der Waals surface area (Å²) in [5.74, 6) is 0.110. The van der Waals surface area contributed by atoms with E-state index >= 15 is 0 Å². The maximum Gasteiger partial charge on any atom is 0.269 e. The molecule has 2 aliphatic rings. The number of hydrazine groups is 1. The Morgan fingerprint density at radius 1 is 0.885 bits per heavy atom. The van der Waals surface area contributed by atoms with Crippen LogP contribution in [-0.4, -0.2) is 24.5 Å². The second-order valence-corrected chi connectivity index (χ2v) is 5.90. The third-order valence-electron chi connectivity index (χ3n) is 4.19. The monoisotopic (exact) mass is 353 g/mol. The minimum Gasteiger partial charge on any atom is -0.454 e. The molecule has 132 valence electrons. The summed E-state index contributed by atoms with van der Waals surface area (Å²) in [6.07, 6.45) is 0.963. The van der Waals surface area contributed by atoms with Gasteiger partial charge in [-0.25, -0.2) is 0 Å². The number of hydrogen-bond donors (Lipinski definition) is 3. The predicted octanol–water partition coefficient (Wildman–Crippen LogP) is 1.37. The fourth-order valence-corrected chi connectivity index (χ4v) is 2.82. The average Bonchev–Trinajstić information content (AvgIpc) is 3.13. The van der Waals surface area contributed by atoms with Gasteiger partial charge in [-0.1, -0.05) is 0 Å². The third kappa shape index (κ3) is 3.04. The van der Waals surface area contributed by atoms with Crippen LogP contribution in [0.4, 0.5) is 5.69 Å². The number of fused-ring (bicyclic) bond motifs is 2. The fourth-order valence-electron chi connectivity index (χ4n) is 2.82. The van der Waals surface area contributed by atoms with Crippen molar-refractivity contribution in [2.75, 3.05) is 12.1 Å². The lowest BCUT2D eigenvalue weighted by Crippen LogP contribution is -2.41. The molecular weight excluding hydrogens is 338 g/mol. The Morgan fingerprint density at radius 3 is 2.38 bits per heavy atom. The Hall–Kier alpha value is -3.55. The van der Waals surface area contributed by atoms with Crippen LogP contribution >= 0.6 is 0 Å². The molecule has 0 aliphatic carbocycles. The number of ether oxygens (including phenoxy) is 2. The van der Waals surface area contributed by atoms with Gasteiger partial charge in [0.1, 0.15) is 0 Å². The number of carbonyl (C=O) groups excluding carboxylic acids is 3. The van der Waals surface area contributed by atoms with Gasteiger partial charge in [-0.05, 0) is 48.4 Å². The number of nitrogens with one attached hydrogen (secondary N) is 3. The molecule has 3 amide bonds. The Kier molecular flexibility index (Phi) is 3.92. The van der Waals surface area contributed by atoms with Crippen molar-refractivity contribution < 1.29 is 23.9 Å². The van der Waals surface area contributed by atoms with Crippen molar-refractivity contribution in [2.45, 2.75) is 12.8 Å². The molecular formula is C18H15N3O5. The SMILES string of the molecule is O=C1CCc2cc(C(=O)NNC(=O)c3ccc4c(c3)OCO4)ccc2N1. The summed E-state index contributed by atoms with van der Waals surface area (Å²) in [5.41, 5.74) is 7.08. The maximum absolute atomic E-state index is 12.3. The summed E-state index contributed by atoms with van der Waals surface area (Å²) in [6.45, 7) is 0.121. The minimum absolute atomic E-state index is 0.0364. The van der Waals surface area contributed by atoms with E-state index in [2.05, 4.69) is 16.2 Å². The zero-order chi connectivity index (χ0) is 18.1. The summed E-state index contributed by atoms with van der Waals surface area (Å²) >= 11 is 0. The highest BCUT2D eigenvalue weighted by atomic mass is 16.7. The van der Waals surface area contributed by atoms with Gasteiger partial charge in [0, 0.05) is 23.2 Å². The van der Waals surface area contributed by atoms with Gasteiger partial charge in [0.05, 0.1) is 0 Å². The molecule has 0 fully saturated rings. The smallest absolute Gasteiger partial charge is 0.269 e. The lowest BCUT2D eigenvalue weighted by atomic mass is 10.0. The van der Waals surface area contributed by atoms with Crippen LogP contribution in [0.5, 0.6) is 11.5 Å². The van der Waals surface area contributed by atoms with E-state index < -0.39 is 11.8 Å². The molecule has 2 aromatic carbocycles. The predicted molar refractivity (Wildman–Crippen MR) is 90.9 cm³/mol. The van der Waals surface area contributed by atoms with Crippen LogP contribution in [0.2, 0.25) is 0 Å². The molecule has 26 heavy (non-hydrogen) atoms. The Morgan fingerprint density at radius 2 is 1.58 bits per heavy atom. The minimum atomic E-state index is -0.470. The van der Waals surface area contributed by atoms with Crippen molar-refractivity contribution in [1.82, 2.24) is 10.9 Å². The molecule has 2 aliphatic heterocycles. The Labute approximate surface area is 148 Å². The van der Waals surface area contributed by atoms with Gasteiger partial charge in [0.2, 0.25) is 12.7 Å². The number of benzene rings is 2. The normalized spacial score (nSPS) is 14.2. The Bertz CT molecular complexity index is 925. The first kappa shape index (κ1) is 15.9. The highest BCUT2D eigenvalue weighted by Gasteiger charge is 2.18. The molecule has 0 saturated carbocycles. The molecule has 0 aromatic heterocycles.